The highest BCUT2D eigenvalue weighted by atomic mass is 79.9. The van der Waals surface area contributed by atoms with E-state index in [9.17, 15) is 4.79 Å². The van der Waals surface area contributed by atoms with E-state index >= 15 is 0 Å². The minimum Gasteiger partial charge on any atom is -0.482 e. The van der Waals surface area contributed by atoms with Gasteiger partial charge < -0.3 is 10.1 Å². The number of benzene rings is 1. The van der Waals surface area contributed by atoms with Gasteiger partial charge in [0.15, 0.2) is 6.61 Å². The van der Waals surface area contributed by atoms with Crippen LogP contribution in [0.4, 0.5) is 0 Å². The van der Waals surface area contributed by atoms with E-state index in [2.05, 4.69) is 21.2 Å². The largest absolute Gasteiger partial charge is 0.482 e. The van der Waals surface area contributed by atoms with Crippen molar-refractivity contribution >= 4 is 44.8 Å². The van der Waals surface area contributed by atoms with E-state index in [0.29, 0.717) is 17.3 Å². The van der Waals surface area contributed by atoms with Gasteiger partial charge in [-0.2, -0.15) is 0 Å². The Hall–Kier alpha value is -1.04. The molecule has 1 aromatic carbocycles. The van der Waals surface area contributed by atoms with Gasteiger partial charge in [-0.1, -0.05) is 33.6 Å². The monoisotopic (exact) mass is 359 g/mol. The maximum atomic E-state index is 11.6. The molecule has 1 aromatic heterocycles. The number of hydrogen-bond acceptors (Lipinski definition) is 3. The van der Waals surface area contributed by atoms with Crippen molar-refractivity contribution in [2.45, 2.75) is 6.54 Å². The lowest BCUT2D eigenvalue weighted by Crippen LogP contribution is -2.28. The van der Waals surface area contributed by atoms with Gasteiger partial charge in [-0.25, -0.2) is 0 Å². The Morgan fingerprint density at radius 3 is 2.95 bits per heavy atom. The predicted octanol–water partition coefficient (Wildman–Crippen LogP) is 3.86. The highest BCUT2D eigenvalue weighted by Crippen LogP contribution is 2.27. The van der Waals surface area contributed by atoms with E-state index < -0.39 is 0 Å². The maximum absolute atomic E-state index is 11.6. The van der Waals surface area contributed by atoms with Crippen LogP contribution in [-0.2, 0) is 11.3 Å². The molecule has 0 aliphatic heterocycles. The summed E-state index contributed by atoms with van der Waals surface area (Å²) < 4.78 is 6.23. The lowest BCUT2D eigenvalue weighted by atomic mass is 10.3. The van der Waals surface area contributed by atoms with Crippen molar-refractivity contribution in [2.24, 2.45) is 0 Å². The summed E-state index contributed by atoms with van der Waals surface area (Å²) in [5, 5.41) is 5.22. The van der Waals surface area contributed by atoms with Crippen LogP contribution in [0.25, 0.3) is 0 Å². The third-order valence-electron chi connectivity index (χ3n) is 2.29. The van der Waals surface area contributed by atoms with Crippen molar-refractivity contribution in [3.8, 4) is 5.75 Å². The van der Waals surface area contributed by atoms with Crippen LogP contribution in [0.15, 0.2) is 40.2 Å². The van der Waals surface area contributed by atoms with Crippen LogP contribution in [0.5, 0.6) is 5.75 Å². The molecule has 0 fully saturated rings. The molecule has 0 radical (unpaired) electrons. The summed E-state index contributed by atoms with van der Waals surface area (Å²) in [4.78, 5) is 12.7. The Morgan fingerprint density at radius 2 is 2.26 bits per heavy atom. The zero-order valence-corrected chi connectivity index (χ0v) is 13.0. The second-order valence-corrected chi connectivity index (χ2v) is 6.07. The second-order valence-electron chi connectivity index (χ2n) is 3.72. The Bertz CT molecular complexity index is 560. The number of hydrogen-bond donors (Lipinski definition) is 1. The number of carbonyl (C=O) groups is 1. The molecule has 100 valence electrons. The van der Waals surface area contributed by atoms with Gasteiger partial charge in [-0.15, -0.1) is 11.3 Å². The summed E-state index contributed by atoms with van der Waals surface area (Å²) >= 11 is 10.9. The average molecular weight is 361 g/mol. The van der Waals surface area contributed by atoms with Gasteiger partial charge in [0.2, 0.25) is 0 Å². The van der Waals surface area contributed by atoms with Crippen molar-refractivity contribution in [3.05, 3.63) is 50.1 Å². The highest BCUT2D eigenvalue weighted by Gasteiger charge is 2.06. The standard InChI is InChI=1S/C13H11BrClNO2S/c14-9-3-4-12(11(15)6-9)18-8-13(17)16-7-10-2-1-5-19-10/h1-6H,7-8H2,(H,16,17). The predicted molar refractivity (Wildman–Crippen MR) is 80.8 cm³/mol. The fraction of sp³-hybridized carbons (Fsp3) is 0.154. The van der Waals surface area contributed by atoms with Crippen LogP contribution in [0.1, 0.15) is 4.88 Å². The summed E-state index contributed by atoms with van der Waals surface area (Å²) in [5.41, 5.74) is 0. The summed E-state index contributed by atoms with van der Waals surface area (Å²) in [6.45, 7) is 0.473. The topological polar surface area (TPSA) is 38.3 Å². The molecule has 0 bridgehead atoms. The molecule has 2 aromatic rings. The van der Waals surface area contributed by atoms with Crippen LogP contribution >= 0.6 is 38.9 Å². The normalized spacial score (nSPS) is 10.2. The smallest absolute Gasteiger partial charge is 0.258 e. The molecule has 0 aliphatic rings. The molecule has 1 N–H and O–H groups in total. The van der Waals surface area contributed by atoms with E-state index in [-0.39, 0.29) is 12.5 Å². The number of halogens is 2. The van der Waals surface area contributed by atoms with E-state index in [1.807, 2.05) is 23.6 Å². The van der Waals surface area contributed by atoms with Crippen molar-refractivity contribution in [2.75, 3.05) is 6.61 Å². The quantitative estimate of drug-likeness (QED) is 0.879. The summed E-state index contributed by atoms with van der Waals surface area (Å²) in [6.07, 6.45) is 0. The van der Waals surface area contributed by atoms with Gasteiger partial charge in [0, 0.05) is 9.35 Å². The van der Waals surface area contributed by atoms with E-state index in [1.54, 1.807) is 23.5 Å². The first-order chi connectivity index (χ1) is 9.15. The van der Waals surface area contributed by atoms with Crippen molar-refractivity contribution in [1.29, 1.82) is 0 Å². The number of amides is 1. The zero-order valence-electron chi connectivity index (χ0n) is 9.86. The van der Waals surface area contributed by atoms with Crippen LogP contribution in [0.3, 0.4) is 0 Å². The van der Waals surface area contributed by atoms with E-state index in [4.69, 9.17) is 16.3 Å². The fourth-order valence-corrected chi connectivity index (χ4v) is 2.76. The number of thiophene rings is 1. The number of rotatable bonds is 5. The SMILES string of the molecule is O=C(COc1ccc(Br)cc1Cl)NCc1cccs1. The summed E-state index contributed by atoms with van der Waals surface area (Å²) in [6, 6.07) is 9.17. The lowest BCUT2D eigenvalue weighted by Gasteiger charge is -2.08. The van der Waals surface area contributed by atoms with Crippen molar-refractivity contribution in [3.63, 3.8) is 0 Å². The van der Waals surface area contributed by atoms with Gasteiger partial charge in [0.05, 0.1) is 11.6 Å². The first-order valence-electron chi connectivity index (χ1n) is 5.52. The minimum absolute atomic E-state index is 0.0489. The van der Waals surface area contributed by atoms with Crippen LogP contribution in [0.2, 0.25) is 5.02 Å². The van der Waals surface area contributed by atoms with E-state index in [0.717, 1.165) is 9.35 Å². The molecule has 2 rings (SSSR count). The molecule has 0 aliphatic carbocycles. The highest BCUT2D eigenvalue weighted by molar-refractivity contribution is 9.10. The number of nitrogens with one attached hydrogen (secondary N) is 1. The van der Waals surface area contributed by atoms with Crippen molar-refractivity contribution < 1.29 is 9.53 Å². The summed E-state index contributed by atoms with van der Waals surface area (Å²) in [5.74, 6) is 0.323. The molecule has 6 heteroatoms. The third kappa shape index (κ3) is 4.53. The molecule has 1 heterocycles. The third-order valence-corrected chi connectivity index (χ3v) is 3.96. The lowest BCUT2D eigenvalue weighted by molar-refractivity contribution is -0.123. The van der Waals surface area contributed by atoms with Gasteiger partial charge in [-0.05, 0) is 29.6 Å². The first kappa shape index (κ1) is 14.4. The Kier molecular flexibility index (Phi) is 5.24. The molecule has 0 atom stereocenters. The van der Waals surface area contributed by atoms with Gasteiger partial charge >= 0.3 is 0 Å². The molecular weight excluding hydrogens is 350 g/mol. The minimum atomic E-state index is -0.174. The maximum Gasteiger partial charge on any atom is 0.258 e. The molecule has 0 spiro atoms. The van der Waals surface area contributed by atoms with Crippen molar-refractivity contribution in [1.82, 2.24) is 5.32 Å². The Labute approximate surface area is 128 Å². The van der Waals surface area contributed by atoms with Crippen LogP contribution < -0.4 is 10.1 Å². The van der Waals surface area contributed by atoms with Gasteiger partial charge in [0.1, 0.15) is 5.75 Å². The molecule has 1 amide bonds. The zero-order chi connectivity index (χ0) is 13.7. The second kappa shape index (κ2) is 6.93. The van der Waals surface area contributed by atoms with Gasteiger partial charge in [0.25, 0.3) is 5.91 Å². The van der Waals surface area contributed by atoms with Crippen LogP contribution in [-0.4, -0.2) is 12.5 Å². The molecule has 0 unspecified atom stereocenters. The van der Waals surface area contributed by atoms with E-state index in [1.165, 1.54) is 0 Å². The van der Waals surface area contributed by atoms with Crippen LogP contribution in [0, 0.1) is 0 Å². The molecule has 0 saturated heterocycles. The first-order valence-corrected chi connectivity index (χ1v) is 7.57. The summed E-state index contributed by atoms with van der Waals surface area (Å²) in [7, 11) is 0. The molecule has 19 heavy (non-hydrogen) atoms. The molecule has 3 nitrogen and oxygen atoms in total. The number of carbonyl (C=O) groups excluding carboxylic acids is 1. The Balaban J connectivity index is 1.80. The number of ether oxygens (including phenoxy) is 1. The molecular formula is C13H11BrClNO2S. The molecule has 0 saturated carbocycles. The average Bonchev–Trinajstić information content (AvgIpc) is 2.88. The Morgan fingerprint density at radius 1 is 1.42 bits per heavy atom. The fourth-order valence-electron chi connectivity index (χ4n) is 1.39. The van der Waals surface area contributed by atoms with Gasteiger partial charge in [-0.3, -0.25) is 4.79 Å².